The van der Waals surface area contributed by atoms with Crippen LogP contribution in [0.2, 0.25) is 0 Å². The van der Waals surface area contributed by atoms with E-state index in [4.69, 9.17) is 4.74 Å². The van der Waals surface area contributed by atoms with Crippen molar-refractivity contribution in [3.05, 3.63) is 18.7 Å². The molecule has 2 atom stereocenters. The summed E-state index contributed by atoms with van der Waals surface area (Å²) >= 11 is 0. The van der Waals surface area contributed by atoms with Gasteiger partial charge in [0.15, 0.2) is 0 Å². The topological polar surface area (TPSA) is 59.4 Å². The van der Waals surface area contributed by atoms with Crippen LogP contribution in [-0.2, 0) is 16.1 Å². The van der Waals surface area contributed by atoms with E-state index in [2.05, 4.69) is 17.2 Å². The average Bonchev–Trinajstić information content (AvgIpc) is 2.91. The highest BCUT2D eigenvalue weighted by Gasteiger charge is 2.23. The average molecular weight is 266 g/mol. The Morgan fingerprint density at radius 2 is 2.16 bits per heavy atom. The Labute approximate surface area is 113 Å². The first-order valence-corrected chi connectivity index (χ1v) is 6.75. The normalized spacial score (nSPS) is 19.2. The number of carbonyl (C=O) groups excluding carboxylic acids is 1. The van der Waals surface area contributed by atoms with Gasteiger partial charge in [0, 0.05) is 38.1 Å². The van der Waals surface area contributed by atoms with Gasteiger partial charge in [0.2, 0.25) is 5.91 Å². The fourth-order valence-corrected chi connectivity index (χ4v) is 2.32. The lowest BCUT2D eigenvalue weighted by molar-refractivity contribution is -0.137. The van der Waals surface area contributed by atoms with Crippen molar-refractivity contribution in [3.63, 3.8) is 0 Å². The monoisotopic (exact) mass is 266 g/mol. The number of carbonyl (C=O) groups is 1. The lowest BCUT2D eigenvalue weighted by Crippen LogP contribution is -2.51. The number of aromatic nitrogens is 2. The molecule has 1 amide bonds. The third kappa shape index (κ3) is 4.04. The number of nitrogens with one attached hydrogen (secondary N) is 1. The maximum atomic E-state index is 12.2. The van der Waals surface area contributed by atoms with Crippen LogP contribution in [-0.4, -0.2) is 58.7 Å². The smallest absolute Gasteiger partial charge is 0.239 e. The van der Waals surface area contributed by atoms with Crippen LogP contribution in [0.1, 0.15) is 13.8 Å². The third-order valence-electron chi connectivity index (χ3n) is 3.27. The highest BCUT2D eigenvalue weighted by atomic mass is 16.5. The van der Waals surface area contributed by atoms with Gasteiger partial charge < -0.3 is 19.5 Å². The van der Waals surface area contributed by atoms with Crippen molar-refractivity contribution in [2.45, 2.75) is 32.5 Å². The molecule has 19 heavy (non-hydrogen) atoms. The molecule has 1 fully saturated rings. The van der Waals surface area contributed by atoms with Gasteiger partial charge in [0.1, 0.15) is 0 Å². The first-order valence-electron chi connectivity index (χ1n) is 6.75. The molecule has 1 aromatic rings. The van der Waals surface area contributed by atoms with Crippen molar-refractivity contribution in [1.82, 2.24) is 19.8 Å². The van der Waals surface area contributed by atoms with E-state index >= 15 is 0 Å². The second kappa shape index (κ2) is 6.68. The number of hydrogen-bond acceptors (Lipinski definition) is 4. The Bertz CT molecular complexity index is 387. The van der Waals surface area contributed by atoms with E-state index in [-0.39, 0.29) is 18.0 Å². The lowest BCUT2D eigenvalue weighted by atomic mass is 10.2. The van der Waals surface area contributed by atoms with Crippen LogP contribution in [0.25, 0.3) is 0 Å². The summed E-state index contributed by atoms with van der Waals surface area (Å²) in [6.07, 6.45) is 5.47. The van der Waals surface area contributed by atoms with Gasteiger partial charge in [0.25, 0.3) is 0 Å². The summed E-state index contributed by atoms with van der Waals surface area (Å²) in [6, 6.07) is 0.0470. The number of morpholine rings is 1. The number of hydrogen-bond donors (Lipinski definition) is 1. The molecular formula is C13H22N4O2. The summed E-state index contributed by atoms with van der Waals surface area (Å²) in [5.74, 6) is 0.154. The SMILES string of the molecule is CC(Cn1ccnc1)NC(C)C(=O)N1CCOCC1. The van der Waals surface area contributed by atoms with Crippen molar-refractivity contribution in [3.8, 4) is 0 Å². The Morgan fingerprint density at radius 1 is 1.42 bits per heavy atom. The molecule has 1 N–H and O–H groups in total. The molecule has 0 radical (unpaired) electrons. The Balaban J connectivity index is 1.78. The third-order valence-corrected chi connectivity index (χ3v) is 3.27. The summed E-state index contributed by atoms with van der Waals surface area (Å²) in [7, 11) is 0. The molecule has 0 aromatic carbocycles. The zero-order chi connectivity index (χ0) is 13.7. The number of nitrogens with zero attached hydrogens (tertiary/aromatic N) is 3. The number of ether oxygens (including phenoxy) is 1. The largest absolute Gasteiger partial charge is 0.378 e. The fourth-order valence-electron chi connectivity index (χ4n) is 2.32. The summed E-state index contributed by atoms with van der Waals surface area (Å²) in [6.45, 7) is 7.47. The predicted molar refractivity (Wildman–Crippen MR) is 71.7 cm³/mol. The van der Waals surface area contributed by atoms with E-state index in [9.17, 15) is 4.79 Å². The number of amides is 1. The molecule has 2 heterocycles. The molecule has 6 nitrogen and oxygen atoms in total. The highest BCUT2D eigenvalue weighted by molar-refractivity contribution is 5.81. The molecule has 1 aliphatic rings. The maximum absolute atomic E-state index is 12.2. The molecule has 6 heteroatoms. The van der Waals surface area contributed by atoms with Gasteiger partial charge in [-0.15, -0.1) is 0 Å². The van der Waals surface area contributed by atoms with Gasteiger partial charge in [-0.05, 0) is 13.8 Å². The fraction of sp³-hybridized carbons (Fsp3) is 0.692. The zero-order valence-corrected chi connectivity index (χ0v) is 11.6. The van der Waals surface area contributed by atoms with Crippen LogP contribution >= 0.6 is 0 Å². The van der Waals surface area contributed by atoms with E-state index < -0.39 is 0 Å². The van der Waals surface area contributed by atoms with Gasteiger partial charge in [0.05, 0.1) is 25.6 Å². The molecule has 0 saturated carbocycles. The van der Waals surface area contributed by atoms with E-state index in [0.717, 1.165) is 6.54 Å². The molecule has 0 aliphatic carbocycles. The standard InChI is InChI=1S/C13H22N4O2/c1-11(9-16-4-3-14-10-16)15-12(2)13(18)17-5-7-19-8-6-17/h3-4,10-12,15H,5-9H2,1-2H3. The van der Waals surface area contributed by atoms with Gasteiger partial charge >= 0.3 is 0 Å². The number of rotatable bonds is 5. The van der Waals surface area contributed by atoms with Crippen LogP contribution in [0.15, 0.2) is 18.7 Å². The molecule has 0 spiro atoms. The van der Waals surface area contributed by atoms with Crippen LogP contribution < -0.4 is 5.32 Å². The molecule has 1 aromatic heterocycles. The Hall–Kier alpha value is -1.40. The van der Waals surface area contributed by atoms with Crippen molar-refractivity contribution in [2.75, 3.05) is 26.3 Å². The first kappa shape index (κ1) is 14.0. The van der Waals surface area contributed by atoms with Crippen molar-refractivity contribution in [1.29, 1.82) is 0 Å². The van der Waals surface area contributed by atoms with E-state index in [0.29, 0.717) is 26.3 Å². The second-order valence-corrected chi connectivity index (χ2v) is 4.99. The minimum Gasteiger partial charge on any atom is -0.378 e. The van der Waals surface area contributed by atoms with Crippen LogP contribution in [0.4, 0.5) is 0 Å². The first-order chi connectivity index (χ1) is 9.16. The highest BCUT2D eigenvalue weighted by Crippen LogP contribution is 2.02. The molecule has 106 valence electrons. The molecule has 1 saturated heterocycles. The number of imidazole rings is 1. The van der Waals surface area contributed by atoms with Gasteiger partial charge in [-0.25, -0.2) is 4.98 Å². The molecule has 2 rings (SSSR count). The van der Waals surface area contributed by atoms with E-state index in [1.807, 2.05) is 22.6 Å². The van der Waals surface area contributed by atoms with E-state index in [1.165, 1.54) is 0 Å². The van der Waals surface area contributed by atoms with Crippen LogP contribution in [0.5, 0.6) is 0 Å². The zero-order valence-electron chi connectivity index (χ0n) is 11.6. The van der Waals surface area contributed by atoms with E-state index in [1.54, 1.807) is 12.5 Å². The van der Waals surface area contributed by atoms with Crippen LogP contribution in [0, 0.1) is 0 Å². The minimum atomic E-state index is -0.170. The maximum Gasteiger partial charge on any atom is 0.239 e. The Kier molecular flexibility index (Phi) is 4.93. The molecule has 1 aliphatic heterocycles. The van der Waals surface area contributed by atoms with Crippen molar-refractivity contribution < 1.29 is 9.53 Å². The second-order valence-electron chi connectivity index (χ2n) is 4.99. The molecular weight excluding hydrogens is 244 g/mol. The summed E-state index contributed by atoms with van der Waals surface area (Å²) in [5.41, 5.74) is 0. The minimum absolute atomic E-state index is 0.154. The molecule has 2 unspecified atom stereocenters. The Morgan fingerprint density at radius 3 is 2.79 bits per heavy atom. The van der Waals surface area contributed by atoms with Gasteiger partial charge in [-0.2, -0.15) is 0 Å². The predicted octanol–water partition coefficient (Wildman–Crippen LogP) is 0.109. The van der Waals surface area contributed by atoms with Crippen molar-refractivity contribution >= 4 is 5.91 Å². The van der Waals surface area contributed by atoms with Gasteiger partial charge in [-0.1, -0.05) is 0 Å². The quantitative estimate of drug-likeness (QED) is 0.822. The summed E-state index contributed by atoms with van der Waals surface area (Å²) in [4.78, 5) is 18.1. The summed E-state index contributed by atoms with van der Waals surface area (Å²) in [5, 5.41) is 3.33. The van der Waals surface area contributed by atoms with Crippen LogP contribution in [0.3, 0.4) is 0 Å². The van der Waals surface area contributed by atoms with Gasteiger partial charge in [-0.3, -0.25) is 4.79 Å². The lowest BCUT2D eigenvalue weighted by Gasteiger charge is -2.30. The molecule has 0 bridgehead atoms. The summed E-state index contributed by atoms with van der Waals surface area (Å²) < 4.78 is 7.26. The van der Waals surface area contributed by atoms with Crippen molar-refractivity contribution in [2.24, 2.45) is 0 Å².